The highest BCUT2D eigenvalue weighted by Crippen LogP contribution is 2.19. The van der Waals surface area contributed by atoms with Gasteiger partial charge < -0.3 is 25.0 Å². The van der Waals surface area contributed by atoms with Crippen molar-refractivity contribution in [2.24, 2.45) is 0 Å². The topological polar surface area (TPSA) is 99.2 Å². The molecule has 3 atom stereocenters. The molecule has 0 aromatic heterocycles. The van der Waals surface area contributed by atoms with Crippen molar-refractivity contribution in [3.8, 4) is 5.75 Å². The Morgan fingerprint density at radius 3 is 2.60 bits per heavy atom. The summed E-state index contributed by atoms with van der Waals surface area (Å²) < 4.78 is 5.32. The molecule has 3 rings (SSSR count). The van der Waals surface area contributed by atoms with E-state index >= 15 is 0 Å². The zero-order valence-corrected chi connectivity index (χ0v) is 14.1. The maximum absolute atomic E-state index is 12.4. The number of rotatable bonds is 2. The zero-order chi connectivity index (χ0) is 18.1. The number of carbonyl (C=O) groups is 3. The average molecular weight is 347 g/mol. The van der Waals surface area contributed by atoms with E-state index in [0.29, 0.717) is 5.75 Å². The number of hydrogen-bond donors (Lipinski definition) is 2. The molecule has 3 amide bonds. The molecule has 0 unspecified atom stereocenters. The van der Waals surface area contributed by atoms with Crippen LogP contribution in [-0.4, -0.2) is 70.6 Å². The van der Waals surface area contributed by atoms with E-state index in [1.54, 1.807) is 12.1 Å². The van der Waals surface area contributed by atoms with Crippen molar-refractivity contribution >= 4 is 17.9 Å². The predicted molar refractivity (Wildman–Crippen MR) is 87.9 cm³/mol. The Labute approximate surface area is 145 Å². The lowest BCUT2D eigenvalue weighted by molar-refractivity contribution is -0.155. The van der Waals surface area contributed by atoms with Gasteiger partial charge in [-0.25, -0.2) is 4.79 Å². The van der Waals surface area contributed by atoms with Crippen LogP contribution in [0.5, 0.6) is 5.75 Å². The second-order valence-electron chi connectivity index (χ2n) is 6.40. The number of piperazine rings is 2. The van der Waals surface area contributed by atoms with Gasteiger partial charge in [0, 0.05) is 13.1 Å². The number of aliphatic hydroxyl groups is 1. The third-order valence-corrected chi connectivity index (χ3v) is 4.50. The van der Waals surface area contributed by atoms with Crippen LogP contribution in [0.4, 0.5) is 4.79 Å². The fourth-order valence-electron chi connectivity index (χ4n) is 3.03. The Morgan fingerprint density at radius 1 is 1.28 bits per heavy atom. The van der Waals surface area contributed by atoms with Crippen molar-refractivity contribution in [3.63, 3.8) is 0 Å². The van der Waals surface area contributed by atoms with Crippen molar-refractivity contribution in [1.29, 1.82) is 0 Å². The number of nitrogens with one attached hydrogen (secondary N) is 1. The van der Waals surface area contributed by atoms with Gasteiger partial charge in [-0.15, -0.1) is 0 Å². The van der Waals surface area contributed by atoms with Crippen molar-refractivity contribution in [2.75, 3.05) is 19.6 Å². The molecule has 0 radical (unpaired) electrons. The number of ether oxygens (including phenoxy) is 1. The molecule has 2 heterocycles. The van der Waals surface area contributed by atoms with Crippen LogP contribution < -0.4 is 10.1 Å². The van der Waals surface area contributed by atoms with Crippen LogP contribution >= 0.6 is 0 Å². The normalized spacial score (nSPS) is 24.4. The summed E-state index contributed by atoms with van der Waals surface area (Å²) in [6, 6.07) is 5.38. The summed E-state index contributed by atoms with van der Waals surface area (Å²) in [4.78, 5) is 39.8. The molecule has 0 saturated carbocycles. The molecule has 8 nitrogen and oxygen atoms in total. The van der Waals surface area contributed by atoms with Gasteiger partial charge in [0.2, 0.25) is 11.8 Å². The number of aryl methyl sites for hydroxylation is 1. The molecular weight excluding hydrogens is 326 g/mol. The fraction of sp³-hybridized carbons (Fsp3) is 0.471. The first-order valence-electron chi connectivity index (χ1n) is 8.19. The van der Waals surface area contributed by atoms with Crippen molar-refractivity contribution in [3.05, 3.63) is 29.8 Å². The molecule has 2 N–H and O–H groups in total. The van der Waals surface area contributed by atoms with E-state index in [2.05, 4.69) is 5.32 Å². The van der Waals surface area contributed by atoms with E-state index in [-0.39, 0.29) is 31.4 Å². The van der Waals surface area contributed by atoms with E-state index in [1.165, 1.54) is 16.7 Å². The minimum Gasteiger partial charge on any atom is -0.410 e. The van der Waals surface area contributed by atoms with E-state index < -0.39 is 24.3 Å². The van der Waals surface area contributed by atoms with Crippen LogP contribution in [0.15, 0.2) is 24.3 Å². The summed E-state index contributed by atoms with van der Waals surface area (Å²) >= 11 is 0. The van der Waals surface area contributed by atoms with Gasteiger partial charge in [0.1, 0.15) is 17.8 Å². The number of carbonyl (C=O) groups excluding carboxylic acids is 3. The lowest BCUT2D eigenvalue weighted by Gasteiger charge is -2.45. The Kier molecular flexibility index (Phi) is 4.63. The summed E-state index contributed by atoms with van der Waals surface area (Å²) in [7, 11) is 0. The molecule has 0 spiro atoms. The Bertz CT molecular complexity index is 688. The van der Waals surface area contributed by atoms with Crippen LogP contribution in [0.3, 0.4) is 0 Å². The van der Waals surface area contributed by atoms with Gasteiger partial charge in [0.05, 0.1) is 12.6 Å². The number of nitrogens with zero attached hydrogens (tertiary/aromatic N) is 2. The average Bonchev–Trinajstić information content (AvgIpc) is 2.59. The zero-order valence-electron chi connectivity index (χ0n) is 14.1. The highest BCUT2D eigenvalue weighted by molar-refractivity contribution is 5.98. The van der Waals surface area contributed by atoms with Crippen molar-refractivity contribution < 1.29 is 24.2 Å². The molecule has 0 bridgehead atoms. The van der Waals surface area contributed by atoms with E-state index in [1.807, 2.05) is 19.1 Å². The van der Waals surface area contributed by atoms with E-state index in [9.17, 15) is 19.5 Å². The molecule has 134 valence electrons. The van der Waals surface area contributed by atoms with E-state index in [0.717, 1.165) is 5.56 Å². The minimum atomic E-state index is -0.970. The first-order chi connectivity index (χ1) is 11.9. The molecule has 0 aliphatic carbocycles. The maximum Gasteiger partial charge on any atom is 0.415 e. The predicted octanol–water partition coefficient (Wildman–Crippen LogP) is -0.114. The highest BCUT2D eigenvalue weighted by atomic mass is 16.6. The van der Waals surface area contributed by atoms with Crippen LogP contribution in [-0.2, 0) is 9.59 Å². The number of fused-ring (bicyclic) bond motifs is 1. The standard InChI is InChI=1S/C17H21N3O5/c1-10-3-5-12(6-4-10)25-17(24)19-7-8-20-13(9-19)15(22)18-14(11(2)21)16(20)23/h3-6,11,13-14,21H,7-9H2,1-2H3,(H,18,22)/t11-,13+,14+/m0/s1. The third-order valence-electron chi connectivity index (χ3n) is 4.50. The lowest BCUT2D eigenvalue weighted by atomic mass is 10.0. The Balaban J connectivity index is 1.66. The third kappa shape index (κ3) is 3.43. The quantitative estimate of drug-likeness (QED) is 0.777. The number of amides is 3. The summed E-state index contributed by atoms with van der Waals surface area (Å²) in [5.41, 5.74) is 1.05. The van der Waals surface area contributed by atoms with Crippen molar-refractivity contribution in [2.45, 2.75) is 32.0 Å². The molecule has 2 fully saturated rings. The second kappa shape index (κ2) is 6.72. The van der Waals surface area contributed by atoms with Crippen LogP contribution in [0.2, 0.25) is 0 Å². The summed E-state index contributed by atoms with van der Waals surface area (Å²) in [6.07, 6.45) is -1.52. The second-order valence-corrected chi connectivity index (χ2v) is 6.40. The van der Waals surface area contributed by atoms with E-state index in [4.69, 9.17) is 4.74 Å². The van der Waals surface area contributed by atoms with Gasteiger partial charge in [-0.3, -0.25) is 9.59 Å². The molecule has 1 aromatic carbocycles. The highest BCUT2D eigenvalue weighted by Gasteiger charge is 2.45. The molecule has 25 heavy (non-hydrogen) atoms. The fourth-order valence-corrected chi connectivity index (χ4v) is 3.03. The molecule has 2 aliphatic heterocycles. The first-order valence-corrected chi connectivity index (χ1v) is 8.19. The first kappa shape index (κ1) is 17.2. The monoisotopic (exact) mass is 347 g/mol. The summed E-state index contributed by atoms with van der Waals surface area (Å²) in [5.74, 6) is -0.277. The van der Waals surface area contributed by atoms with Gasteiger partial charge in [-0.2, -0.15) is 0 Å². The van der Waals surface area contributed by atoms with Crippen LogP contribution in [0, 0.1) is 6.92 Å². The van der Waals surface area contributed by atoms with Gasteiger partial charge in [-0.05, 0) is 26.0 Å². The number of aliphatic hydroxyl groups excluding tert-OH is 1. The molecule has 1 aromatic rings. The van der Waals surface area contributed by atoms with Crippen LogP contribution in [0.25, 0.3) is 0 Å². The molecular formula is C17H21N3O5. The SMILES string of the molecule is Cc1ccc(OC(=O)N2CCN3C(=O)[C@@H]([C@H](C)O)NC(=O)[C@H]3C2)cc1. The molecule has 2 saturated heterocycles. The van der Waals surface area contributed by atoms with Gasteiger partial charge >= 0.3 is 6.09 Å². The number of benzene rings is 1. The Hall–Kier alpha value is -2.61. The van der Waals surface area contributed by atoms with Gasteiger partial charge in [0.15, 0.2) is 0 Å². The molecule has 8 heteroatoms. The molecule has 2 aliphatic rings. The minimum absolute atomic E-state index is 0.0643. The Morgan fingerprint density at radius 2 is 1.96 bits per heavy atom. The summed E-state index contributed by atoms with van der Waals surface area (Å²) in [5, 5.41) is 12.2. The van der Waals surface area contributed by atoms with Gasteiger partial charge in [0.25, 0.3) is 0 Å². The lowest BCUT2D eigenvalue weighted by Crippen LogP contribution is -2.71. The summed E-state index contributed by atoms with van der Waals surface area (Å²) in [6.45, 7) is 3.95. The van der Waals surface area contributed by atoms with Gasteiger partial charge in [-0.1, -0.05) is 17.7 Å². The van der Waals surface area contributed by atoms with Crippen molar-refractivity contribution in [1.82, 2.24) is 15.1 Å². The van der Waals surface area contributed by atoms with Crippen LogP contribution in [0.1, 0.15) is 12.5 Å². The maximum atomic E-state index is 12.4. The smallest absolute Gasteiger partial charge is 0.410 e. The largest absolute Gasteiger partial charge is 0.415 e. The number of hydrogen-bond acceptors (Lipinski definition) is 5.